The van der Waals surface area contributed by atoms with Gasteiger partial charge in [0.25, 0.3) is 0 Å². The van der Waals surface area contributed by atoms with E-state index in [-0.39, 0.29) is 5.82 Å². The Morgan fingerprint density at radius 3 is 2.93 bits per heavy atom. The van der Waals surface area contributed by atoms with E-state index in [0.717, 1.165) is 30.7 Å². The highest BCUT2D eigenvalue weighted by Gasteiger charge is 2.13. The molecule has 0 spiro atoms. The lowest BCUT2D eigenvalue weighted by atomic mass is 9.97. The Kier molecular flexibility index (Phi) is 2.57. The average Bonchev–Trinajstić information content (AvgIpc) is 2.19. The quantitative estimate of drug-likeness (QED) is 0.671. The fourth-order valence-corrected chi connectivity index (χ4v) is 1.62. The summed E-state index contributed by atoms with van der Waals surface area (Å²) in [5.74, 6) is 0.365. The maximum absolute atomic E-state index is 12.9. The highest BCUT2D eigenvalue weighted by Crippen LogP contribution is 2.17. The molecule has 74 valence electrons. The summed E-state index contributed by atoms with van der Waals surface area (Å²) < 4.78 is 12.9. The SMILES string of the molecule is C[C@H]1CCC(c2cncc(F)c2)=NC1. The van der Waals surface area contributed by atoms with Crippen LogP contribution in [0.3, 0.4) is 0 Å². The lowest BCUT2D eigenvalue weighted by molar-refractivity contribution is 0.538. The summed E-state index contributed by atoms with van der Waals surface area (Å²) in [7, 11) is 0. The second-order valence-electron chi connectivity index (χ2n) is 3.82. The molecule has 2 rings (SSSR count). The Bertz CT molecular complexity index is 360. The van der Waals surface area contributed by atoms with E-state index >= 15 is 0 Å². The molecule has 1 aromatic rings. The van der Waals surface area contributed by atoms with Crippen LogP contribution in [0.5, 0.6) is 0 Å². The number of hydrogen-bond donors (Lipinski definition) is 0. The van der Waals surface area contributed by atoms with Crippen molar-refractivity contribution in [3.05, 3.63) is 29.8 Å². The number of aliphatic imine (C=N–C) groups is 1. The standard InChI is InChI=1S/C11H13FN2/c1-8-2-3-11(14-5-8)9-4-10(12)7-13-6-9/h4,6-8H,2-3,5H2,1H3/t8-/m0/s1. The van der Waals surface area contributed by atoms with Crippen molar-refractivity contribution >= 4 is 5.71 Å². The summed E-state index contributed by atoms with van der Waals surface area (Å²) in [6, 6.07) is 1.50. The molecule has 14 heavy (non-hydrogen) atoms. The van der Waals surface area contributed by atoms with Crippen molar-refractivity contribution < 1.29 is 4.39 Å². The predicted octanol–water partition coefficient (Wildman–Crippen LogP) is 2.44. The average molecular weight is 192 g/mol. The van der Waals surface area contributed by atoms with Crippen molar-refractivity contribution in [2.45, 2.75) is 19.8 Å². The first-order valence-electron chi connectivity index (χ1n) is 4.90. The third-order valence-corrected chi connectivity index (χ3v) is 2.51. The maximum atomic E-state index is 12.9. The molecule has 0 unspecified atom stereocenters. The molecular formula is C11H13FN2. The van der Waals surface area contributed by atoms with Crippen LogP contribution in [0.4, 0.5) is 4.39 Å². The molecule has 0 radical (unpaired) electrons. The van der Waals surface area contributed by atoms with E-state index in [1.165, 1.54) is 12.3 Å². The highest BCUT2D eigenvalue weighted by molar-refractivity contribution is 6.00. The molecule has 1 aromatic heterocycles. The van der Waals surface area contributed by atoms with Gasteiger partial charge in [-0.05, 0) is 24.8 Å². The summed E-state index contributed by atoms with van der Waals surface area (Å²) in [6.45, 7) is 3.04. The van der Waals surface area contributed by atoms with Crippen molar-refractivity contribution in [2.24, 2.45) is 10.9 Å². The Labute approximate surface area is 82.9 Å². The Balaban J connectivity index is 2.23. The molecule has 0 bridgehead atoms. The molecule has 2 heterocycles. The molecule has 3 heteroatoms. The van der Waals surface area contributed by atoms with Crippen LogP contribution in [0, 0.1) is 11.7 Å². The number of nitrogens with zero attached hydrogens (tertiary/aromatic N) is 2. The monoisotopic (exact) mass is 192 g/mol. The molecule has 0 aromatic carbocycles. The second kappa shape index (κ2) is 3.86. The number of halogens is 1. The van der Waals surface area contributed by atoms with Crippen molar-refractivity contribution in [1.29, 1.82) is 0 Å². The van der Waals surface area contributed by atoms with E-state index in [9.17, 15) is 4.39 Å². The van der Waals surface area contributed by atoms with Crippen molar-refractivity contribution in [1.82, 2.24) is 4.98 Å². The highest BCUT2D eigenvalue weighted by atomic mass is 19.1. The maximum Gasteiger partial charge on any atom is 0.142 e. The molecule has 0 saturated carbocycles. The van der Waals surface area contributed by atoms with E-state index in [2.05, 4.69) is 16.9 Å². The summed E-state index contributed by atoms with van der Waals surface area (Å²) >= 11 is 0. The topological polar surface area (TPSA) is 25.2 Å². The van der Waals surface area contributed by atoms with Gasteiger partial charge in [-0.1, -0.05) is 6.92 Å². The fraction of sp³-hybridized carbons (Fsp3) is 0.455. The Hall–Kier alpha value is -1.25. The first-order valence-corrected chi connectivity index (χ1v) is 4.90. The van der Waals surface area contributed by atoms with Gasteiger partial charge in [-0.15, -0.1) is 0 Å². The van der Waals surface area contributed by atoms with Crippen molar-refractivity contribution in [3.63, 3.8) is 0 Å². The van der Waals surface area contributed by atoms with Gasteiger partial charge >= 0.3 is 0 Å². The summed E-state index contributed by atoms with van der Waals surface area (Å²) in [4.78, 5) is 8.25. The molecule has 0 aliphatic carbocycles. The largest absolute Gasteiger partial charge is 0.289 e. The minimum absolute atomic E-state index is 0.288. The zero-order valence-electron chi connectivity index (χ0n) is 8.20. The van der Waals surface area contributed by atoms with Gasteiger partial charge in [-0.25, -0.2) is 4.39 Å². The first-order chi connectivity index (χ1) is 6.75. The van der Waals surface area contributed by atoms with Crippen LogP contribution < -0.4 is 0 Å². The van der Waals surface area contributed by atoms with Crippen LogP contribution in [0.2, 0.25) is 0 Å². The molecule has 1 aliphatic rings. The van der Waals surface area contributed by atoms with E-state index < -0.39 is 0 Å². The molecule has 1 atom stereocenters. The molecular weight excluding hydrogens is 179 g/mol. The lowest BCUT2D eigenvalue weighted by Gasteiger charge is -2.17. The van der Waals surface area contributed by atoms with Crippen LogP contribution in [0.15, 0.2) is 23.5 Å². The molecule has 1 aliphatic heterocycles. The van der Waals surface area contributed by atoms with Crippen LogP contribution in [-0.4, -0.2) is 17.2 Å². The minimum Gasteiger partial charge on any atom is -0.289 e. The van der Waals surface area contributed by atoms with Crippen LogP contribution in [0.1, 0.15) is 25.3 Å². The predicted molar refractivity (Wildman–Crippen MR) is 54.0 cm³/mol. The smallest absolute Gasteiger partial charge is 0.142 e. The number of aromatic nitrogens is 1. The van der Waals surface area contributed by atoms with Crippen LogP contribution >= 0.6 is 0 Å². The molecule has 0 N–H and O–H groups in total. The van der Waals surface area contributed by atoms with Gasteiger partial charge in [-0.3, -0.25) is 9.98 Å². The van der Waals surface area contributed by atoms with Gasteiger partial charge in [0.15, 0.2) is 0 Å². The van der Waals surface area contributed by atoms with Crippen LogP contribution in [0.25, 0.3) is 0 Å². The van der Waals surface area contributed by atoms with E-state index in [4.69, 9.17) is 0 Å². The molecule has 0 saturated heterocycles. The molecule has 0 fully saturated rings. The molecule has 2 nitrogen and oxygen atoms in total. The first kappa shape index (κ1) is 9.31. The minimum atomic E-state index is -0.288. The zero-order chi connectivity index (χ0) is 9.97. The summed E-state index contributed by atoms with van der Waals surface area (Å²) in [5, 5.41) is 0. The van der Waals surface area contributed by atoms with Gasteiger partial charge in [-0.2, -0.15) is 0 Å². The summed E-state index contributed by atoms with van der Waals surface area (Å²) in [6.07, 6.45) is 4.97. The lowest BCUT2D eigenvalue weighted by Crippen LogP contribution is -2.14. The van der Waals surface area contributed by atoms with E-state index in [1.54, 1.807) is 6.20 Å². The fourth-order valence-electron chi connectivity index (χ4n) is 1.62. The van der Waals surface area contributed by atoms with Gasteiger partial charge in [0.1, 0.15) is 5.82 Å². The second-order valence-corrected chi connectivity index (χ2v) is 3.82. The number of hydrogen-bond acceptors (Lipinski definition) is 2. The number of pyridine rings is 1. The zero-order valence-corrected chi connectivity index (χ0v) is 8.20. The molecule has 0 amide bonds. The summed E-state index contributed by atoms with van der Waals surface area (Å²) in [5.41, 5.74) is 1.83. The van der Waals surface area contributed by atoms with Gasteiger partial charge in [0.05, 0.1) is 6.20 Å². The number of rotatable bonds is 1. The van der Waals surface area contributed by atoms with Gasteiger partial charge in [0.2, 0.25) is 0 Å². The van der Waals surface area contributed by atoms with Crippen molar-refractivity contribution in [2.75, 3.05) is 6.54 Å². The Morgan fingerprint density at radius 2 is 2.29 bits per heavy atom. The third-order valence-electron chi connectivity index (χ3n) is 2.51. The van der Waals surface area contributed by atoms with Gasteiger partial charge in [0, 0.05) is 24.0 Å². The van der Waals surface area contributed by atoms with Crippen LogP contribution in [-0.2, 0) is 0 Å². The van der Waals surface area contributed by atoms with E-state index in [0.29, 0.717) is 5.92 Å². The normalized spacial score (nSPS) is 21.9. The third kappa shape index (κ3) is 1.97. The Morgan fingerprint density at radius 1 is 1.43 bits per heavy atom. The van der Waals surface area contributed by atoms with E-state index in [1.807, 2.05) is 0 Å². The van der Waals surface area contributed by atoms with Gasteiger partial charge < -0.3 is 0 Å². The van der Waals surface area contributed by atoms with Crippen molar-refractivity contribution in [3.8, 4) is 0 Å².